The second-order valence-corrected chi connectivity index (χ2v) is 6.02. The van der Waals surface area contributed by atoms with Crippen molar-refractivity contribution < 1.29 is 9.47 Å². The van der Waals surface area contributed by atoms with Gasteiger partial charge >= 0.3 is 0 Å². The minimum Gasteiger partial charge on any atom is -0.496 e. The van der Waals surface area contributed by atoms with Crippen LogP contribution in [0.1, 0.15) is 46.2 Å². The molecule has 0 saturated heterocycles. The van der Waals surface area contributed by atoms with Crippen molar-refractivity contribution in [1.82, 2.24) is 5.32 Å². The monoisotopic (exact) mass is 279 g/mol. The highest BCUT2D eigenvalue weighted by atomic mass is 16.5. The SMILES string of the molecule is CCNC(c1ccccc1OC)C(OCC)C(C)(C)C. The molecule has 3 nitrogen and oxygen atoms in total. The second-order valence-electron chi connectivity index (χ2n) is 6.02. The zero-order chi connectivity index (χ0) is 15.2. The molecule has 0 aliphatic carbocycles. The van der Waals surface area contributed by atoms with E-state index in [-0.39, 0.29) is 17.6 Å². The van der Waals surface area contributed by atoms with Crippen LogP contribution in [0.15, 0.2) is 24.3 Å². The normalized spacial score (nSPS) is 14.9. The molecule has 1 rings (SSSR count). The number of hydrogen-bond acceptors (Lipinski definition) is 3. The van der Waals surface area contributed by atoms with Gasteiger partial charge in [-0.3, -0.25) is 0 Å². The van der Waals surface area contributed by atoms with Crippen LogP contribution in [0.4, 0.5) is 0 Å². The molecule has 2 atom stereocenters. The summed E-state index contributed by atoms with van der Waals surface area (Å²) in [6.07, 6.45) is 0.0868. The van der Waals surface area contributed by atoms with E-state index < -0.39 is 0 Å². The molecule has 0 heterocycles. The molecule has 2 unspecified atom stereocenters. The van der Waals surface area contributed by atoms with Crippen LogP contribution in [-0.2, 0) is 4.74 Å². The second kappa shape index (κ2) is 7.65. The summed E-state index contributed by atoms with van der Waals surface area (Å²) in [5.74, 6) is 0.910. The Balaban J connectivity index is 3.20. The largest absolute Gasteiger partial charge is 0.496 e. The van der Waals surface area contributed by atoms with Crippen molar-refractivity contribution in [2.75, 3.05) is 20.3 Å². The predicted molar refractivity (Wildman–Crippen MR) is 84.3 cm³/mol. The minimum atomic E-state index is 0.0453. The summed E-state index contributed by atoms with van der Waals surface area (Å²) in [7, 11) is 1.72. The Labute approximate surface area is 123 Å². The van der Waals surface area contributed by atoms with Crippen molar-refractivity contribution in [2.24, 2.45) is 5.41 Å². The van der Waals surface area contributed by atoms with E-state index in [9.17, 15) is 0 Å². The Morgan fingerprint density at radius 3 is 2.30 bits per heavy atom. The van der Waals surface area contributed by atoms with E-state index in [0.717, 1.165) is 17.9 Å². The van der Waals surface area contributed by atoms with E-state index in [1.165, 1.54) is 0 Å². The molecule has 0 saturated carbocycles. The number of nitrogens with one attached hydrogen (secondary N) is 1. The molecule has 0 spiro atoms. The van der Waals surface area contributed by atoms with Gasteiger partial charge in [0.25, 0.3) is 0 Å². The van der Waals surface area contributed by atoms with Gasteiger partial charge in [0, 0.05) is 12.2 Å². The van der Waals surface area contributed by atoms with E-state index in [4.69, 9.17) is 9.47 Å². The molecule has 0 aliphatic heterocycles. The minimum absolute atomic E-state index is 0.0453. The van der Waals surface area contributed by atoms with Gasteiger partial charge in [-0.1, -0.05) is 45.9 Å². The predicted octanol–water partition coefficient (Wildman–Crippen LogP) is 3.80. The van der Waals surface area contributed by atoms with Crippen molar-refractivity contribution in [3.63, 3.8) is 0 Å². The highest BCUT2D eigenvalue weighted by Gasteiger charge is 2.34. The molecular formula is C17H29NO2. The molecule has 114 valence electrons. The van der Waals surface area contributed by atoms with Crippen LogP contribution in [0, 0.1) is 5.41 Å². The molecule has 1 aromatic rings. The Morgan fingerprint density at radius 1 is 1.15 bits per heavy atom. The van der Waals surface area contributed by atoms with Gasteiger partial charge in [0.05, 0.1) is 19.3 Å². The Bertz CT molecular complexity index is 398. The van der Waals surface area contributed by atoms with E-state index >= 15 is 0 Å². The van der Waals surface area contributed by atoms with E-state index in [1.807, 2.05) is 25.1 Å². The van der Waals surface area contributed by atoms with Crippen LogP contribution in [0.25, 0.3) is 0 Å². The van der Waals surface area contributed by atoms with Crippen LogP contribution < -0.4 is 10.1 Å². The number of benzene rings is 1. The van der Waals surface area contributed by atoms with Crippen molar-refractivity contribution in [1.29, 1.82) is 0 Å². The van der Waals surface area contributed by atoms with Crippen LogP contribution in [-0.4, -0.2) is 26.4 Å². The third-order valence-corrected chi connectivity index (χ3v) is 3.40. The maximum atomic E-state index is 6.06. The molecular weight excluding hydrogens is 250 g/mol. The summed E-state index contributed by atoms with van der Waals surface area (Å²) in [5, 5.41) is 3.56. The highest BCUT2D eigenvalue weighted by Crippen LogP contribution is 2.36. The fourth-order valence-corrected chi connectivity index (χ4v) is 2.55. The van der Waals surface area contributed by atoms with Crippen molar-refractivity contribution in [3.05, 3.63) is 29.8 Å². The first kappa shape index (κ1) is 17.0. The number of ether oxygens (including phenoxy) is 2. The molecule has 0 radical (unpaired) electrons. The first-order valence-electron chi connectivity index (χ1n) is 7.43. The van der Waals surface area contributed by atoms with Gasteiger partial charge < -0.3 is 14.8 Å². The first-order valence-corrected chi connectivity index (χ1v) is 7.43. The summed E-state index contributed by atoms with van der Waals surface area (Å²) in [5.41, 5.74) is 1.20. The molecule has 20 heavy (non-hydrogen) atoms. The Morgan fingerprint density at radius 2 is 1.80 bits per heavy atom. The van der Waals surface area contributed by atoms with Gasteiger partial charge in [-0.2, -0.15) is 0 Å². The van der Waals surface area contributed by atoms with Gasteiger partial charge in [0.15, 0.2) is 0 Å². The maximum absolute atomic E-state index is 6.06. The first-order chi connectivity index (χ1) is 9.45. The van der Waals surface area contributed by atoms with Gasteiger partial charge in [0.2, 0.25) is 0 Å². The zero-order valence-corrected chi connectivity index (χ0v) is 13.7. The highest BCUT2D eigenvalue weighted by molar-refractivity contribution is 5.36. The van der Waals surface area contributed by atoms with Gasteiger partial charge in [-0.25, -0.2) is 0 Å². The molecule has 0 fully saturated rings. The molecule has 0 aliphatic rings. The topological polar surface area (TPSA) is 30.5 Å². The number of rotatable bonds is 7. The fraction of sp³-hybridized carbons (Fsp3) is 0.647. The quantitative estimate of drug-likeness (QED) is 0.823. The summed E-state index contributed by atoms with van der Waals surface area (Å²) in [4.78, 5) is 0. The summed E-state index contributed by atoms with van der Waals surface area (Å²) in [6.45, 7) is 12.4. The van der Waals surface area contributed by atoms with E-state index in [1.54, 1.807) is 7.11 Å². The van der Waals surface area contributed by atoms with E-state index in [0.29, 0.717) is 6.61 Å². The van der Waals surface area contributed by atoms with Gasteiger partial charge in [0.1, 0.15) is 5.75 Å². The van der Waals surface area contributed by atoms with Gasteiger partial charge in [-0.15, -0.1) is 0 Å². The maximum Gasteiger partial charge on any atom is 0.123 e. The third-order valence-electron chi connectivity index (χ3n) is 3.40. The number of likely N-dealkylation sites (N-methyl/N-ethyl adjacent to an activating group) is 1. The van der Waals surface area contributed by atoms with Crippen LogP contribution in [0.3, 0.4) is 0 Å². The average Bonchev–Trinajstić information content (AvgIpc) is 2.41. The number of hydrogen-bond donors (Lipinski definition) is 1. The lowest BCUT2D eigenvalue weighted by Crippen LogP contribution is -2.42. The molecule has 0 aromatic heterocycles. The van der Waals surface area contributed by atoms with Crippen LogP contribution in [0.5, 0.6) is 5.75 Å². The Kier molecular flexibility index (Phi) is 6.50. The van der Waals surface area contributed by atoms with E-state index in [2.05, 4.69) is 39.1 Å². The van der Waals surface area contributed by atoms with Gasteiger partial charge in [-0.05, 0) is 24.9 Å². The summed E-state index contributed by atoms with van der Waals surface area (Å²) >= 11 is 0. The van der Waals surface area contributed by atoms with Crippen LogP contribution in [0.2, 0.25) is 0 Å². The van der Waals surface area contributed by atoms with Crippen LogP contribution >= 0.6 is 0 Å². The van der Waals surface area contributed by atoms with Crippen molar-refractivity contribution in [2.45, 2.75) is 46.8 Å². The standard InChI is InChI=1S/C17H29NO2/c1-7-18-15(16(20-8-2)17(3,4)5)13-11-9-10-12-14(13)19-6/h9-12,15-16,18H,7-8H2,1-6H3. The number of para-hydroxylation sites is 1. The molecule has 1 aromatic carbocycles. The summed E-state index contributed by atoms with van der Waals surface area (Å²) in [6, 6.07) is 8.29. The molecule has 0 amide bonds. The average molecular weight is 279 g/mol. The molecule has 1 N–H and O–H groups in total. The molecule has 3 heteroatoms. The van der Waals surface area contributed by atoms with Crippen molar-refractivity contribution in [3.8, 4) is 5.75 Å². The van der Waals surface area contributed by atoms with Crippen molar-refractivity contribution >= 4 is 0 Å². The molecule has 0 bridgehead atoms. The lowest BCUT2D eigenvalue weighted by molar-refractivity contribution is -0.0366. The lowest BCUT2D eigenvalue weighted by atomic mass is 9.81. The summed E-state index contributed by atoms with van der Waals surface area (Å²) < 4.78 is 11.6. The fourth-order valence-electron chi connectivity index (χ4n) is 2.55. The smallest absolute Gasteiger partial charge is 0.123 e. The Hall–Kier alpha value is -1.06. The number of methoxy groups -OCH3 is 1. The third kappa shape index (κ3) is 4.22. The lowest BCUT2D eigenvalue weighted by Gasteiger charge is -2.37. The zero-order valence-electron chi connectivity index (χ0n) is 13.7.